The van der Waals surface area contributed by atoms with Crippen LogP contribution < -0.4 is 15.4 Å². The van der Waals surface area contributed by atoms with Gasteiger partial charge in [-0.3, -0.25) is 4.79 Å². The Bertz CT molecular complexity index is 1190. The summed E-state index contributed by atoms with van der Waals surface area (Å²) >= 11 is 0. The molecule has 1 saturated heterocycles. The Morgan fingerprint density at radius 1 is 1.11 bits per heavy atom. The Labute approximate surface area is 210 Å². The summed E-state index contributed by atoms with van der Waals surface area (Å²) in [6.07, 6.45) is 7.29. The van der Waals surface area contributed by atoms with Gasteiger partial charge in [0.25, 0.3) is 11.8 Å². The number of carbonyl (C=O) groups excluding carboxylic acids is 1. The third kappa shape index (κ3) is 5.67. The number of hydrogen-bond donors (Lipinski definition) is 2. The van der Waals surface area contributed by atoms with E-state index in [1.807, 2.05) is 0 Å². The number of likely N-dealkylation sites (tertiary alicyclic amines) is 1. The zero-order valence-electron chi connectivity index (χ0n) is 20.5. The van der Waals surface area contributed by atoms with Crippen molar-refractivity contribution in [2.45, 2.75) is 44.6 Å². The van der Waals surface area contributed by atoms with Gasteiger partial charge in [-0.25, -0.2) is 4.39 Å². The topological polar surface area (TPSA) is 92.5 Å². The lowest BCUT2D eigenvalue weighted by Gasteiger charge is -2.31. The molecule has 0 atom stereocenters. The van der Waals surface area contributed by atoms with Crippen molar-refractivity contribution >= 4 is 17.6 Å². The molecule has 2 N–H and O–H groups in total. The van der Waals surface area contributed by atoms with Gasteiger partial charge in [0.05, 0.1) is 18.2 Å². The molecule has 9 heteroatoms. The number of carbonyl (C=O) groups is 1. The van der Waals surface area contributed by atoms with Crippen LogP contribution in [-0.4, -0.2) is 53.8 Å². The van der Waals surface area contributed by atoms with Crippen LogP contribution in [-0.2, 0) is 0 Å². The van der Waals surface area contributed by atoms with Crippen molar-refractivity contribution in [1.82, 2.24) is 15.1 Å². The molecule has 0 radical (unpaired) electrons. The number of nitrogens with zero attached hydrogens (tertiary/aromatic N) is 3. The average molecular weight is 494 g/mol. The summed E-state index contributed by atoms with van der Waals surface area (Å²) in [5, 5.41) is 14.5. The highest BCUT2D eigenvalue weighted by atomic mass is 19.1. The summed E-state index contributed by atoms with van der Waals surface area (Å²) in [6.45, 7) is 3.74. The number of methoxy groups -OCH3 is 1. The number of halogens is 1. The molecule has 5 rings (SSSR count). The summed E-state index contributed by atoms with van der Waals surface area (Å²) in [4.78, 5) is 15.0. The minimum absolute atomic E-state index is 0.0294. The number of anilines is 2. The highest BCUT2D eigenvalue weighted by Gasteiger charge is 2.25. The van der Waals surface area contributed by atoms with E-state index in [-0.39, 0.29) is 5.56 Å². The summed E-state index contributed by atoms with van der Waals surface area (Å²) in [7, 11) is 1.53. The van der Waals surface area contributed by atoms with Crippen molar-refractivity contribution in [3.8, 4) is 17.2 Å². The lowest BCUT2D eigenvalue weighted by Crippen LogP contribution is -2.32. The monoisotopic (exact) mass is 493 g/mol. The Morgan fingerprint density at radius 2 is 1.89 bits per heavy atom. The third-order valence-electron chi connectivity index (χ3n) is 7.12. The van der Waals surface area contributed by atoms with Crippen LogP contribution in [0.1, 0.15) is 48.9 Å². The van der Waals surface area contributed by atoms with E-state index >= 15 is 0 Å². The lowest BCUT2D eigenvalue weighted by molar-refractivity contribution is 0.102. The maximum atomic E-state index is 13.9. The number of benzene rings is 2. The van der Waals surface area contributed by atoms with Gasteiger partial charge >= 0.3 is 6.01 Å². The summed E-state index contributed by atoms with van der Waals surface area (Å²) in [5.41, 5.74) is 1.04. The van der Waals surface area contributed by atoms with Gasteiger partial charge in [-0.2, -0.15) is 0 Å². The van der Waals surface area contributed by atoms with E-state index in [1.54, 1.807) is 24.3 Å². The zero-order chi connectivity index (χ0) is 24.9. The molecule has 2 fully saturated rings. The molecule has 0 bridgehead atoms. The maximum Gasteiger partial charge on any atom is 0.315 e. The minimum atomic E-state index is -0.579. The SMILES string of the molecule is COc1cc(NC(=O)c2ccccc2F)ccc1-c1nnc(NC2CCC(CN3CCCC3)CC2)o1. The lowest BCUT2D eigenvalue weighted by atomic mass is 9.86. The molecule has 1 aromatic heterocycles. The molecule has 2 heterocycles. The standard InChI is InChI=1S/C27H32FN5O3/c1-35-24-16-20(29-25(34)21-6-2-3-7-23(21)28)12-13-22(24)26-31-32-27(36-26)30-19-10-8-18(9-11-19)17-33-14-4-5-15-33/h2-3,6-7,12-13,16,18-19H,4-5,8-11,14-15,17H2,1H3,(H,29,34)(H,30,32). The van der Waals surface area contributed by atoms with Gasteiger partial charge in [0.2, 0.25) is 0 Å². The molecule has 1 aliphatic heterocycles. The first-order valence-electron chi connectivity index (χ1n) is 12.7. The average Bonchev–Trinajstić information content (AvgIpc) is 3.58. The van der Waals surface area contributed by atoms with Gasteiger partial charge in [-0.15, -0.1) is 5.10 Å². The fourth-order valence-electron chi connectivity index (χ4n) is 5.17. The summed E-state index contributed by atoms with van der Waals surface area (Å²) < 4.78 is 25.3. The second-order valence-electron chi connectivity index (χ2n) is 9.63. The fraction of sp³-hybridized carbons (Fsp3) is 0.444. The van der Waals surface area contributed by atoms with Crippen molar-refractivity contribution in [3.05, 3.63) is 53.8 Å². The smallest absolute Gasteiger partial charge is 0.315 e. The van der Waals surface area contributed by atoms with Crippen LogP contribution in [0.3, 0.4) is 0 Å². The summed E-state index contributed by atoms with van der Waals surface area (Å²) in [6, 6.07) is 11.6. The molecule has 1 aliphatic carbocycles. The van der Waals surface area contributed by atoms with E-state index in [0.717, 1.165) is 18.8 Å². The highest BCUT2D eigenvalue weighted by molar-refractivity contribution is 6.04. The van der Waals surface area contributed by atoms with Gasteiger partial charge in [-0.05, 0) is 81.8 Å². The Kier molecular flexibility index (Phi) is 7.46. The van der Waals surface area contributed by atoms with Crippen LogP contribution in [0.15, 0.2) is 46.9 Å². The third-order valence-corrected chi connectivity index (χ3v) is 7.12. The molecule has 1 saturated carbocycles. The van der Waals surface area contributed by atoms with Crippen LogP contribution >= 0.6 is 0 Å². The predicted molar refractivity (Wildman–Crippen MR) is 136 cm³/mol. The Hall–Kier alpha value is -3.46. The Balaban J connectivity index is 1.19. The van der Waals surface area contributed by atoms with Crippen molar-refractivity contribution in [2.75, 3.05) is 37.4 Å². The first-order chi connectivity index (χ1) is 17.6. The van der Waals surface area contributed by atoms with E-state index < -0.39 is 11.7 Å². The molecule has 0 spiro atoms. The first kappa shape index (κ1) is 24.2. The van der Waals surface area contributed by atoms with Crippen molar-refractivity contribution < 1.29 is 18.3 Å². The minimum Gasteiger partial charge on any atom is -0.496 e. The number of ether oxygens (including phenoxy) is 1. The molecular formula is C27H32FN5O3. The van der Waals surface area contributed by atoms with Crippen LogP contribution in [0.5, 0.6) is 5.75 Å². The van der Waals surface area contributed by atoms with E-state index in [0.29, 0.717) is 34.9 Å². The zero-order valence-corrected chi connectivity index (χ0v) is 20.5. The van der Waals surface area contributed by atoms with Crippen molar-refractivity contribution in [1.29, 1.82) is 0 Å². The number of aromatic nitrogens is 2. The van der Waals surface area contributed by atoms with Crippen LogP contribution in [0.4, 0.5) is 16.1 Å². The largest absolute Gasteiger partial charge is 0.496 e. The van der Waals surface area contributed by atoms with Crippen LogP contribution in [0, 0.1) is 11.7 Å². The molecule has 2 aliphatic rings. The van der Waals surface area contributed by atoms with Crippen molar-refractivity contribution in [3.63, 3.8) is 0 Å². The molecule has 36 heavy (non-hydrogen) atoms. The van der Waals surface area contributed by atoms with Crippen molar-refractivity contribution in [2.24, 2.45) is 5.92 Å². The van der Waals surface area contributed by atoms with Gasteiger partial charge < -0.3 is 24.7 Å². The van der Waals surface area contributed by atoms with E-state index in [9.17, 15) is 9.18 Å². The number of rotatable bonds is 8. The second-order valence-corrected chi connectivity index (χ2v) is 9.63. The van der Waals surface area contributed by atoms with E-state index in [1.165, 1.54) is 70.6 Å². The number of nitrogens with one attached hydrogen (secondary N) is 2. The number of amides is 1. The van der Waals surface area contributed by atoms with Gasteiger partial charge in [0.15, 0.2) is 0 Å². The first-order valence-corrected chi connectivity index (χ1v) is 12.7. The second kappa shape index (κ2) is 11.1. The molecular weight excluding hydrogens is 461 g/mol. The maximum absolute atomic E-state index is 13.9. The predicted octanol–water partition coefficient (Wildman–Crippen LogP) is 5.20. The molecule has 2 aromatic carbocycles. The fourth-order valence-corrected chi connectivity index (χ4v) is 5.17. The molecule has 190 valence electrons. The van der Waals surface area contributed by atoms with E-state index in [4.69, 9.17) is 9.15 Å². The normalized spacial score (nSPS) is 20.3. The molecule has 1 amide bonds. The summed E-state index contributed by atoms with van der Waals surface area (Å²) in [5.74, 6) is 0.441. The number of hydrogen-bond acceptors (Lipinski definition) is 7. The van der Waals surface area contributed by atoms with Gasteiger partial charge in [0.1, 0.15) is 11.6 Å². The quantitative estimate of drug-likeness (QED) is 0.445. The molecule has 8 nitrogen and oxygen atoms in total. The van der Waals surface area contributed by atoms with E-state index in [2.05, 4.69) is 25.7 Å². The van der Waals surface area contributed by atoms with Crippen LogP contribution in [0.25, 0.3) is 11.5 Å². The van der Waals surface area contributed by atoms with Crippen LogP contribution in [0.2, 0.25) is 0 Å². The highest BCUT2D eigenvalue weighted by Crippen LogP contribution is 2.33. The molecule has 3 aromatic rings. The van der Waals surface area contributed by atoms with Gasteiger partial charge in [0, 0.05) is 24.3 Å². The molecule has 0 unspecified atom stereocenters. The van der Waals surface area contributed by atoms with Gasteiger partial charge in [-0.1, -0.05) is 17.2 Å². The Morgan fingerprint density at radius 3 is 2.64 bits per heavy atom.